The van der Waals surface area contributed by atoms with Crippen molar-refractivity contribution in [3.63, 3.8) is 0 Å². The fraction of sp³-hybridized carbons (Fsp3) is 0.926. The lowest BCUT2D eigenvalue weighted by atomic mass is 9.48. The van der Waals surface area contributed by atoms with Crippen molar-refractivity contribution in [2.24, 2.45) is 46.3 Å². The molecule has 3 saturated carbocycles. The van der Waals surface area contributed by atoms with Crippen LogP contribution in [0.15, 0.2) is 11.6 Å². The fourth-order valence-corrected chi connectivity index (χ4v) is 8.26. The van der Waals surface area contributed by atoms with Gasteiger partial charge < -0.3 is 0 Å². The van der Waals surface area contributed by atoms with Crippen LogP contribution in [0.2, 0.25) is 0 Å². The van der Waals surface area contributed by atoms with Crippen LogP contribution < -0.4 is 0 Å². The Morgan fingerprint density at radius 3 is 2.67 bits per heavy atom. The molecule has 0 saturated heterocycles. The molecule has 0 aromatic heterocycles. The van der Waals surface area contributed by atoms with E-state index in [9.17, 15) is 0 Å². The summed E-state index contributed by atoms with van der Waals surface area (Å²) in [6, 6.07) is 0. The van der Waals surface area contributed by atoms with Crippen molar-refractivity contribution in [1.29, 1.82) is 0 Å². The zero-order chi connectivity index (χ0) is 19.2. The van der Waals surface area contributed by atoms with E-state index < -0.39 is 0 Å². The SMILES string of the molecule is CC(C)CCCCC1CC2C3CC=C4CC(C)CCC4(C)C3CCC2(C)C1. The van der Waals surface area contributed by atoms with E-state index in [1.807, 2.05) is 5.57 Å². The summed E-state index contributed by atoms with van der Waals surface area (Å²) in [4.78, 5) is 0. The number of hydrogen-bond donors (Lipinski definition) is 0. The molecule has 0 aromatic rings. The van der Waals surface area contributed by atoms with E-state index in [-0.39, 0.29) is 0 Å². The molecular formula is C27H46. The Kier molecular flexibility index (Phi) is 5.59. The maximum atomic E-state index is 2.75. The summed E-state index contributed by atoms with van der Waals surface area (Å²) in [6.45, 7) is 12.6. The van der Waals surface area contributed by atoms with Crippen LogP contribution >= 0.6 is 0 Å². The van der Waals surface area contributed by atoms with E-state index in [2.05, 4.69) is 40.7 Å². The quantitative estimate of drug-likeness (QED) is 0.336. The molecule has 3 fully saturated rings. The average Bonchev–Trinajstić information content (AvgIpc) is 2.96. The molecule has 0 heterocycles. The molecule has 0 heteroatoms. The van der Waals surface area contributed by atoms with Gasteiger partial charge in [0.15, 0.2) is 0 Å². The second-order valence-electron chi connectivity index (χ2n) is 12.3. The molecule has 27 heavy (non-hydrogen) atoms. The molecule has 0 radical (unpaired) electrons. The first kappa shape index (κ1) is 20.0. The zero-order valence-electron chi connectivity index (χ0n) is 19.0. The highest BCUT2D eigenvalue weighted by atomic mass is 14.6. The molecule has 0 nitrogen and oxygen atoms in total. The fourth-order valence-electron chi connectivity index (χ4n) is 8.26. The topological polar surface area (TPSA) is 0 Å². The van der Waals surface area contributed by atoms with Crippen molar-refractivity contribution < 1.29 is 0 Å². The number of allylic oxidation sites excluding steroid dienone is 2. The van der Waals surface area contributed by atoms with Gasteiger partial charge in [0.05, 0.1) is 0 Å². The van der Waals surface area contributed by atoms with Crippen LogP contribution in [0.25, 0.3) is 0 Å². The number of rotatable bonds is 5. The van der Waals surface area contributed by atoms with Gasteiger partial charge in [-0.2, -0.15) is 0 Å². The lowest BCUT2D eigenvalue weighted by molar-refractivity contribution is -0.0281. The Morgan fingerprint density at radius 1 is 1.07 bits per heavy atom. The molecule has 7 unspecified atom stereocenters. The minimum atomic E-state index is 0.562. The lowest BCUT2D eigenvalue weighted by Crippen LogP contribution is -2.48. The zero-order valence-corrected chi connectivity index (χ0v) is 19.0. The minimum absolute atomic E-state index is 0.562. The van der Waals surface area contributed by atoms with Gasteiger partial charge in [-0.25, -0.2) is 0 Å². The third-order valence-electron chi connectivity index (χ3n) is 9.85. The van der Waals surface area contributed by atoms with E-state index in [0.717, 1.165) is 35.5 Å². The van der Waals surface area contributed by atoms with Crippen LogP contribution in [-0.4, -0.2) is 0 Å². The summed E-state index contributed by atoms with van der Waals surface area (Å²) in [7, 11) is 0. The van der Waals surface area contributed by atoms with Gasteiger partial charge >= 0.3 is 0 Å². The number of hydrogen-bond acceptors (Lipinski definition) is 0. The van der Waals surface area contributed by atoms with Gasteiger partial charge in [0.1, 0.15) is 0 Å². The maximum Gasteiger partial charge on any atom is -0.00851 e. The Balaban J connectivity index is 1.44. The van der Waals surface area contributed by atoms with Crippen LogP contribution in [0.1, 0.15) is 112 Å². The molecule has 7 atom stereocenters. The largest absolute Gasteiger partial charge is 0.0845 e. The smallest absolute Gasteiger partial charge is 0.00851 e. The first-order valence-electron chi connectivity index (χ1n) is 12.5. The Bertz CT molecular complexity index is 556. The third-order valence-corrected chi connectivity index (χ3v) is 9.85. The standard InChI is InChI=1S/C27H46/c1-19(2)8-6-7-9-21-17-25-23-11-10-22-16-20(3)12-15-27(22,5)24(23)13-14-26(25,4)18-21/h10,19-21,23-25H,6-9,11-18H2,1-5H3. The van der Waals surface area contributed by atoms with E-state index in [0.29, 0.717) is 10.8 Å². The van der Waals surface area contributed by atoms with Crippen molar-refractivity contribution >= 4 is 0 Å². The molecule has 4 aliphatic rings. The van der Waals surface area contributed by atoms with Gasteiger partial charge in [-0.05, 0) is 97.7 Å². The van der Waals surface area contributed by atoms with Gasteiger partial charge in [-0.15, -0.1) is 0 Å². The number of fused-ring (bicyclic) bond motifs is 5. The van der Waals surface area contributed by atoms with E-state index >= 15 is 0 Å². The summed E-state index contributed by atoms with van der Waals surface area (Å²) < 4.78 is 0. The maximum absolute atomic E-state index is 2.75. The molecule has 0 spiro atoms. The Morgan fingerprint density at radius 2 is 1.89 bits per heavy atom. The normalized spacial score (nSPS) is 46.6. The molecule has 4 rings (SSSR count). The highest BCUT2D eigenvalue weighted by Gasteiger charge is 2.57. The molecule has 0 aliphatic heterocycles. The van der Waals surface area contributed by atoms with Crippen LogP contribution in [0.3, 0.4) is 0 Å². The van der Waals surface area contributed by atoms with Gasteiger partial charge in [0.2, 0.25) is 0 Å². The van der Waals surface area contributed by atoms with Crippen molar-refractivity contribution in [3.8, 4) is 0 Å². The first-order chi connectivity index (χ1) is 12.8. The van der Waals surface area contributed by atoms with Gasteiger partial charge in [0.25, 0.3) is 0 Å². The number of unbranched alkanes of at least 4 members (excludes halogenated alkanes) is 1. The van der Waals surface area contributed by atoms with Crippen LogP contribution in [0.4, 0.5) is 0 Å². The van der Waals surface area contributed by atoms with Gasteiger partial charge in [-0.1, -0.05) is 72.0 Å². The van der Waals surface area contributed by atoms with Crippen molar-refractivity contribution in [2.45, 2.75) is 112 Å². The average molecular weight is 371 g/mol. The summed E-state index contributed by atoms with van der Waals surface area (Å²) >= 11 is 0. The van der Waals surface area contributed by atoms with E-state index in [4.69, 9.17) is 0 Å². The molecule has 4 aliphatic carbocycles. The van der Waals surface area contributed by atoms with Crippen LogP contribution in [-0.2, 0) is 0 Å². The summed E-state index contributed by atoms with van der Waals surface area (Å²) in [5.74, 6) is 5.89. The van der Waals surface area contributed by atoms with Crippen molar-refractivity contribution in [2.75, 3.05) is 0 Å². The molecule has 0 aromatic carbocycles. The third kappa shape index (κ3) is 3.69. The monoisotopic (exact) mass is 370 g/mol. The molecule has 0 amide bonds. The molecular weight excluding hydrogens is 324 g/mol. The highest BCUT2D eigenvalue weighted by molar-refractivity contribution is 5.24. The van der Waals surface area contributed by atoms with Crippen LogP contribution in [0, 0.1) is 46.3 Å². The second-order valence-corrected chi connectivity index (χ2v) is 12.3. The van der Waals surface area contributed by atoms with E-state index in [1.165, 1.54) is 64.2 Å². The summed E-state index contributed by atoms with van der Waals surface area (Å²) in [5.41, 5.74) is 3.11. The second kappa shape index (κ2) is 7.53. The summed E-state index contributed by atoms with van der Waals surface area (Å²) in [6.07, 6.45) is 20.6. The van der Waals surface area contributed by atoms with Crippen molar-refractivity contribution in [1.82, 2.24) is 0 Å². The predicted molar refractivity (Wildman–Crippen MR) is 118 cm³/mol. The molecule has 154 valence electrons. The lowest BCUT2D eigenvalue weighted by Gasteiger charge is -2.57. The van der Waals surface area contributed by atoms with E-state index in [1.54, 1.807) is 12.8 Å². The van der Waals surface area contributed by atoms with Crippen LogP contribution in [0.5, 0.6) is 0 Å². The molecule has 0 bridgehead atoms. The Hall–Kier alpha value is -0.260. The van der Waals surface area contributed by atoms with Gasteiger partial charge in [-0.3, -0.25) is 0 Å². The van der Waals surface area contributed by atoms with Crippen molar-refractivity contribution in [3.05, 3.63) is 11.6 Å². The highest BCUT2D eigenvalue weighted by Crippen LogP contribution is 2.66. The Labute approximate surface area is 170 Å². The summed E-state index contributed by atoms with van der Waals surface area (Å²) in [5, 5.41) is 0. The minimum Gasteiger partial charge on any atom is -0.0845 e. The molecule has 0 N–H and O–H groups in total. The predicted octanol–water partition coefficient (Wildman–Crippen LogP) is 8.42. The first-order valence-corrected chi connectivity index (χ1v) is 12.5. The van der Waals surface area contributed by atoms with Gasteiger partial charge in [0, 0.05) is 0 Å².